The molecule has 2 unspecified atom stereocenters. The van der Waals surface area contributed by atoms with Crippen LogP contribution in [-0.4, -0.2) is 49.2 Å². The van der Waals surface area contributed by atoms with Crippen molar-refractivity contribution >= 4 is 11.6 Å². The fraction of sp³-hybridized carbons (Fsp3) is 0.632. The molecular formula is C19H32N4O. The Bertz CT molecular complexity index is 534. The van der Waals surface area contributed by atoms with Crippen LogP contribution in [0.5, 0.6) is 0 Å². The summed E-state index contributed by atoms with van der Waals surface area (Å²) in [5.74, 6) is 0.989. The first-order valence-electron chi connectivity index (χ1n) is 8.98. The van der Waals surface area contributed by atoms with Gasteiger partial charge in [-0.3, -0.25) is 9.89 Å². The van der Waals surface area contributed by atoms with E-state index in [9.17, 15) is 0 Å². The summed E-state index contributed by atoms with van der Waals surface area (Å²) in [4.78, 5) is 6.89. The van der Waals surface area contributed by atoms with Gasteiger partial charge in [0.1, 0.15) is 0 Å². The van der Waals surface area contributed by atoms with Crippen molar-refractivity contribution in [1.29, 1.82) is 0 Å². The maximum Gasteiger partial charge on any atom is 0.193 e. The highest BCUT2D eigenvalue weighted by atomic mass is 16.5. The third-order valence-corrected chi connectivity index (χ3v) is 4.24. The Hall–Kier alpha value is -1.59. The molecule has 1 aromatic carbocycles. The van der Waals surface area contributed by atoms with Gasteiger partial charge in [0.05, 0.1) is 12.2 Å². The molecule has 0 spiro atoms. The van der Waals surface area contributed by atoms with Crippen molar-refractivity contribution in [3.05, 3.63) is 29.8 Å². The fourth-order valence-corrected chi connectivity index (χ4v) is 3.12. The number of aliphatic imine (C=N–C) groups is 1. The van der Waals surface area contributed by atoms with Crippen molar-refractivity contribution in [2.24, 2.45) is 10.7 Å². The van der Waals surface area contributed by atoms with Crippen LogP contribution in [0.1, 0.15) is 45.6 Å². The zero-order chi connectivity index (χ0) is 17.5. The first kappa shape index (κ1) is 18.7. The number of hydrogen-bond donors (Lipinski definition) is 2. The van der Waals surface area contributed by atoms with Crippen molar-refractivity contribution in [3.63, 3.8) is 0 Å². The summed E-state index contributed by atoms with van der Waals surface area (Å²) in [6, 6.07) is 8.33. The Morgan fingerprint density at radius 3 is 2.71 bits per heavy atom. The second kappa shape index (κ2) is 9.04. The molecule has 134 valence electrons. The topological polar surface area (TPSA) is 62.9 Å². The second-order valence-electron chi connectivity index (χ2n) is 7.04. The summed E-state index contributed by atoms with van der Waals surface area (Å²) >= 11 is 0. The lowest BCUT2D eigenvalue weighted by atomic mass is 10.0. The Kier molecular flexibility index (Phi) is 7.06. The number of morpholine rings is 1. The van der Waals surface area contributed by atoms with Crippen LogP contribution in [-0.2, 0) is 4.74 Å². The molecule has 5 heteroatoms. The number of nitrogens with one attached hydrogen (secondary N) is 1. The fourth-order valence-electron chi connectivity index (χ4n) is 3.12. The Morgan fingerprint density at radius 1 is 1.33 bits per heavy atom. The van der Waals surface area contributed by atoms with Gasteiger partial charge >= 0.3 is 0 Å². The summed E-state index contributed by atoms with van der Waals surface area (Å²) < 4.78 is 5.75. The lowest BCUT2D eigenvalue weighted by Gasteiger charge is -2.35. The molecule has 2 rings (SSSR count). The number of rotatable bonds is 6. The smallest absolute Gasteiger partial charge is 0.193 e. The van der Waals surface area contributed by atoms with E-state index in [2.05, 4.69) is 55.0 Å². The van der Waals surface area contributed by atoms with Crippen LogP contribution in [0.3, 0.4) is 0 Å². The van der Waals surface area contributed by atoms with E-state index in [0.29, 0.717) is 24.1 Å². The number of benzene rings is 1. The van der Waals surface area contributed by atoms with Crippen LogP contribution in [0.15, 0.2) is 29.3 Å². The van der Waals surface area contributed by atoms with E-state index in [1.165, 1.54) is 5.56 Å². The molecule has 0 aliphatic carbocycles. The van der Waals surface area contributed by atoms with Crippen LogP contribution in [0.4, 0.5) is 5.69 Å². The lowest BCUT2D eigenvalue weighted by molar-refractivity contribution is -0.0679. The van der Waals surface area contributed by atoms with Gasteiger partial charge in [-0.2, -0.15) is 0 Å². The van der Waals surface area contributed by atoms with Gasteiger partial charge in [-0.05, 0) is 43.9 Å². The predicted molar refractivity (Wildman–Crippen MR) is 102 cm³/mol. The highest BCUT2D eigenvalue weighted by Crippen LogP contribution is 2.18. The number of guanidine groups is 1. The number of ether oxygens (including phenoxy) is 1. The molecule has 0 radical (unpaired) electrons. The largest absolute Gasteiger partial charge is 0.373 e. The molecule has 0 aromatic heterocycles. The molecule has 0 bridgehead atoms. The molecule has 1 heterocycles. The summed E-state index contributed by atoms with van der Waals surface area (Å²) in [6.07, 6.45) is 1.64. The van der Waals surface area contributed by atoms with Crippen molar-refractivity contribution in [2.75, 3.05) is 31.5 Å². The lowest BCUT2D eigenvalue weighted by Crippen LogP contribution is -2.45. The van der Waals surface area contributed by atoms with E-state index < -0.39 is 0 Å². The monoisotopic (exact) mass is 332 g/mol. The minimum Gasteiger partial charge on any atom is -0.373 e. The third kappa shape index (κ3) is 6.13. The zero-order valence-electron chi connectivity index (χ0n) is 15.5. The van der Waals surface area contributed by atoms with Crippen LogP contribution >= 0.6 is 0 Å². The quantitative estimate of drug-likeness (QED) is 0.477. The summed E-state index contributed by atoms with van der Waals surface area (Å²) in [6.45, 7) is 12.4. The van der Waals surface area contributed by atoms with Crippen LogP contribution in [0.2, 0.25) is 0 Å². The van der Waals surface area contributed by atoms with Crippen LogP contribution in [0, 0.1) is 0 Å². The van der Waals surface area contributed by atoms with E-state index in [1.54, 1.807) is 0 Å². The maximum atomic E-state index is 6.00. The number of nitrogens with zero attached hydrogens (tertiary/aromatic N) is 2. The standard InChI is InChI=1S/C19H32N4O/c1-14(2)17-7-5-8-18(11-17)22-19(20)21-9-6-10-23-12-15(3)24-16(4)13-23/h5,7-8,11,14-16H,6,9-10,12-13H2,1-4H3,(H3,20,21,22). The molecule has 1 aliphatic rings. The highest BCUT2D eigenvalue weighted by molar-refractivity contribution is 5.92. The molecule has 0 saturated carbocycles. The molecular weight excluding hydrogens is 300 g/mol. The average Bonchev–Trinajstić information content (AvgIpc) is 2.51. The minimum absolute atomic E-state index is 0.317. The molecule has 5 nitrogen and oxygen atoms in total. The van der Waals surface area contributed by atoms with Crippen molar-refractivity contribution in [2.45, 2.75) is 52.2 Å². The number of nitrogens with two attached hydrogens (primary N) is 1. The highest BCUT2D eigenvalue weighted by Gasteiger charge is 2.21. The molecule has 3 N–H and O–H groups in total. The summed E-state index contributed by atoms with van der Waals surface area (Å²) in [5, 5.41) is 3.18. The number of hydrogen-bond acceptors (Lipinski definition) is 3. The van der Waals surface area contributed by atoms with Gasteiger partial charge in [0, 0.05) is 31.9 Å². The predicted octanol–water partition coefficient (Wildman–Crippen LogP) is 3.04. The van der Waals surface area contributed by atoms with Crippen LogP contribution in [0.25, 0.3) is 0 Å². The molecule has 0 amide bonds. The van der Waals surface area contributed by atoms with Gasteiger partial charge in [0.2, 0.25) is 0 Å². The van der Waals surface area contributed by atoms with Gasteiger partial charge < -0.3 is 15.8 Å². The molecule has 1 aromatic rings. The van der Waals surface area contributed by atoms with E-state index in [1.807, 2.05) is 12.1 Å². The molecule has 1 fully saturated rings. The van der Waals surface area contributed by atoms with E-state index in [-0.39, 0.29) is 0 Å². The van der Waals surface area contributed by atoms with Crippen molar-refractivity contribution < 1.29 is 4.74 Å². The van der Waals surface area contributed by atoms with E-state index in [4.69, 9.17) is 10.5 Å². The maximum absolute atomic E-state index is 6.00. The summed E-state index contributed by atoms with van der Waals surface area (Å²) in [5.41, 5.74) is 8.29. The third-order valence-electron chi connectivity index (χ3n) is 4.24. The van der Waals surface area contributed by atoms with Crippen molar-refractivity contribution in [3.8, 4) is 0 Å². The van der Waals surface area contributed by atoms with E-state index >= 15 is 0 Å². The SMILES string of the molecule is CC1CN(CCCN=C(N)Nc2cccc(C(C)C)c2)CC(C)O1. The van der Waals surface area contributed by atoms with Gasteiger partial charge in [0.15, 0.2) is 5.96 Å². The average molecular weight is 332 g/mol. The molecule has 1 saturated heterocycles. The number of anilines is 1. The Balaban J connectivity index is 1.75. The molecule has 2 atom stereocenters. The van der Waals surface area contributed by atoms with Crippen LogP contribution < -0.4 is 11.1 Å². The Morgan fingerprint density at radius 2 is 2.04 bits per heavy atom. The Labute approximate surface area is 146 Å². The first-order chi connectivity index (χ1) is 11.4. The zero-order valence-corrected chi connectivity index (χ0v) is 15.5. The molecule has 24 heavy (non-hydrogen) atoms. The van der Waals surface area contributed by atoms with Gasteiger partial charge in [-0.15, -0.1) is 0 Å². The summed E-state index contributed by atoms with van der Waals surface area (Å²) in [7, 11) is 0. The molecule has 1 aliphatic heterocycles. The van der Waals surface area contributed by atoms with Gasteiger partial charge in [0.25, 0.3) is 0 Å². The van der Waals surface area contributed by atoms with Gasteiger partial charge in [-0.25, -0.2) is 0 Å². The normalized spacial score (nSPS) is 22.8. The van der Waals surface area contributed by atoms with E-state index in [0.717, 1.165) is 38.3 Å². The first-order valence-corrected chi connectivity index (χ1v) is 8.98. The minimum atomic E-state index is 0.317. The van der Waals surface area contributed by atoms with Crippen molar-refractivity contribution in [1.82, 2.24) is 4.90 Å². The second-order valence-corrected chi connectivity index (χ2v) is 7.04. The van der Waals surface area contributed by atoms with Gasteiger partial charge in [-0.1, -0.05) is 26.0 Å².